The molecule has 2 heterocycles. The summed E-state index contributed by atoms with van der Waals surface area (Å²) in [5.74, 6) is 0. The molecule has 5 rings (SSSR count). The predicted octanol–water partition coefficient (Wildman–Crippen LogP) is 4.71. The summed E-state index contributed by atoms with van der Waals surface area (Å²) in [7, 11) is -3.68. The van der Waals surface area contributed by atoms with Crippen LogP contribution in [0.1, 0.15) is 24.4 Å². The Morgan fingerprint density at radius 1 is 0.806 bits per heavy atom. The van der Waals surface area contributed by atoms with Crippen molar-refractivity contribution in [1.29, 1.82) is 0 Å². The van der Waals surface area contributed by atoms with Crippen molar-refractivity contribution in [1.82, 2.24) is 14.7 Å². The summed E-state index contributed by atoms with van der Waals surface area (Å²) in [5, 5.41) is 5.53. The number of benzene rings is 3. The Morgan fingerprint density at radius 3 is 2.13 bits per heavy atom. The maximum atomic E-state index is 13.3. The van der Waals surface area contributed by atoms with Crippen molar-refractivity contribution < 1.29 is 8.42 Å². The smallest absolute Gasteiger partial charge is 0.226 e. The molecule has 1 fully saturated rings. The van der Waals surface area contributed by atoms with Gasteiger partial charge in [0.2, 0.25) is 9.84 Å². The molecular weight excluding hydrogens is 406 g/mol. The van der Waals surface area contributed by atoms with Crippen LogP contribution in [0.15, 0.2) is 94.9 Å². The minimum Gasteiger partial charge on any atom is -0.299 e. The quantitative estimate of drug-likeness (QED) is 0.459. The first-order valence-electron chi connectivity index (χ1n) is 10.7. The number of aromatic nitrogens is 2. The minimum absolute atomic E-state index is 0.154. The van der Waals surface area contributed by atoms with Crippen LogP contribution >= 0.6 is 0 Å². The Morgan fingerprint density at radius 2 is 1.42 bits per heavy atom. The summed E-state index contributed by atoms with van der Waals surface area (Å²) in [6.07, 6.45) is 1.90. The molecule has 4 aromatic rings. The van der Waals surface area contributed by atoms with Gasteiger partial charge in [-0.3, -0.25) is 9.58 Å². The van der Waals surface area contributed by atoms with Gasteiger partial charge in [-0.05, 0) is 42.7 Å². The van der Waals surface area contributed by atoms with Gasteiger partial charge in [-0.2, -0.15) is 5.10 Å². The molecule has 0 spiro atoms. The van der Waals surface area contributed by atoms with E-state index >= 15 is 0 Å². The Labute approximate surface area is 182 Å². The van der Waals surface area contributed by atoms with Gasteiger partial charge in [-0.1, -0.05) is 60.7 Å². The van der Waals surface area contributed by atoms with Gasteiger partial charge in [0, 0.05) is 25.0 Å². The summed E-state index contributed by atoms with van der Waals surface area (Å²) in [5.41, 5.74) is 2.21. The standard InChI is InChI=1S/C25H25N3O2S/c29-31(30,22-11-5-2-6-12-22)25-23-13-7-8-14-24(23)28(26-25)21-15-17-27(18-16-21)19-20-9-3-1-4-10-20/h1-14,21H,15-19H2. The maximum Gasteiger partial charge on any atom is 0.226 e. The van der Waals surface area contributed by atoms with Gasteiger partial charge in [0.25, 0.3) is 0 Å². The molecule has 3 aromatic carbocycles. The normalized spacial score (nSPS) is 16.0. The topological polar surface area (TPSA) is 55.2 Å². The third-order valence-electron chi connectivity index (χ3n) is 6.04. The monoisotopic (exact) mass is 431 g/mol. The molecule has 0 bridgehead atoms. The van der Waals surface area contributed by atoms with Crippen LogP contribution < -0.4 is 0 Å². The van der Waals surface area contributed by atoms with Crippen molar-refractivity contribution in [3.8, 4) is 0 Å². The molecule has 0 saturated carbocycles. The van der Waals surface area contributed by atoms with Crippen molar-refractivity contribution in [2.45, 2.75) is 35.3 Å². The Kier molecular flexibility index (Phi) is 5.34. The molecule has 31 heavy (non-hydrogen) atoms. The van der Waals surface area contributed by atoms with E-state index in [9.17, 15) is 8.42 Å². The lowest BCUT2D eigenvalue weighted by Crippen LogP contribution is -2.34. The zero-order valence-corrected chi connectivity index (χ0v) is 18.1. The first-order chi connectivity index (χ1) is 15.1. The second-order valence-electron chi connectivity index (χ2n) is 8.08. The molecule has 0 unspecified atom stereocenters. The van der Waals surface area contributed by atoms with E-state index in [4.69, 9.17) is 0 Å². The molecule has 1 aromatic heterocycles. The molecule has 1 saturated heterocycles. The van der Waals surface area contributed by atoms with Crippen LogP contribution in [0.4, 0.5) is 0 Å². The number of hydrogen-bond acceptors (Lipinski definition) is 4. The van der Waals surface area contributed by atoms with Crippen molar-refractivity contribution >= 4 is 20.7 Å². The zero-order chi connectivity index (χ0) is 21.3. The lowest BCUT2D eigenvalue weighted by molar-refractivity contribution is 0.175. The van der Waals surface area contributed by atoms with E-state index in [0.717, 1.165) is 38.0 Å². The van der Waals surface area contributed by atoms with Gasteiger partial charge in [-0.25, -0.2) is 8.42 Å². The van der Waals surface area contributed by atoms with E-state index in [1.54, 1.807) is 24.3 Å². The van der Waals surface area contributed by atoms with Crippen molar-refractivity contribution in [2.75, 3.05) is 13.1 Å². The number of rotatable bonds is 5. The van der Waals surface area contributed by atoms with Crippen LogP contribution in [0.5, 0.6) is 0 Å². The van der Waals surface area contributed by atoms with Crippen molar-refractivity contribution in [3.63, 3.8) is 0 Å². The van der Waals surface area contributed by atoms with Crippen LogP contribution in [-0.2, 0) is 16.4 Å². The largest absolute Gasteiger partial charge is 0.299 e. The van der Waals surface area contributed by atoms with Crippen LogP contribution in [-0.4, -0.2) is 36.2 Å². The van der Waals surface area contributed by atoms with E-state index in [1.165, 1.54) is 5.56 Å². The fourth-order valence-electron chi connectivity index (χ4n) is 4.41. The number of sulfone groups is 1. The highest BCUT2D eigenvalue weighted by Crippen LogP contribution is 2.32. The number of piperidine rings is 1. The van der Waals surface area contributed by atoms with Crippen LogP contribution in [0.25, 0.3) is 10.9 Å². The molecule has 6 heteroatoms. The van der Waals surface area contributed by atoms with E-state index in [0.29, 0.717) is 5.39 Å². The van der Waals surface area contributed by atoms with Gasteiger partial charge in [0.15, 0.2) is 5.03 Å². The number of hydrogen-bond donors (Lipinski definition) is 0. The molecule has 1 aliphatic rings. The molecule has 0 radical (unpaired) electrons. The molecule has 0 aliphatic carbocycles. The van der Waals surface area contributed by atoms with Crippen LogP contribution in [0, 0.1) is 0 Å². The Balaban J connectivity index is 1.43. The summed E-state index contributed by atoms with van der Waals surface area (Å²) in [4.78, 5) is 2.74. The zero-order valence-electron chi connectivity index (χ0n) is 17.3. The van der Waals surface area contributed by atoms with Crippen LogP contribution in [0.2, 0.25) is 0 Å². The number of fused-ring (bicyclic) bond motifs is 1. The summed E-state index contributed by atoms with van der Waals surface area (Å²) < 4.78 is 28.6. The van der Waals surface area contributed by atoms with E-state index in [2.05, 4.69) is 34.3 Å². The Hall–Kier alpha value is -2.96. The van der Waals surface area contributed by atoms with Gasteiger partial charge in [-0.15, -0.1) is 0 Å². The lowest BCUT2D eigenvalue weighted by Gasteiger charge is -2.32. The van der Waals surface area contributed by atoms with Crippen molar-refractivity contribution in [2.24, 2.45) is 0 Å². The first kappa shape index (κ1) is 20.0. The second kappa shape index (κ2) is 8.29. The molecule has 0 amide bonds. The summed E-state index contributed by atoms with van der Waals surface area (Å²) >= 11 is 0. The molecule has 0 atom stereocenters. The SMILES string of the molecule is O=S(=O)(c1ccccc1)c1nn(C2CCN(Cc3ccccc3)CC2)c2ccccc12. The van der Waals surface area contributed by atoms with E-state index < -0.39 is 9.84 Å². The molecule has 158 valence electrons. The average Bonchev–Trinajstić information content (AvgIpc) is 3.21. The number of nitrogens with zero attached hydrogens (tertiary/aromatic N) is 3. The van der Waals surface area contributed by atoms with Gasteiger partial charge in [0.1, 0.15) is 0 Å². The van der Waals surface area contributed by atoms with Gasteiger partial charge >= 0.3 is 0 Å². The lowest BCUT2D eigenvalue weighted by atomic mass is 10.0. The fourth-order valence-corrected chi connectivity index (χ4v) is 5.81. The van der Waals surface area contributed by atoms with Gasteiger partial charge in [0.05, 0.1) is 16.5 Å². The third-order valence-corrected chi connectivity index (χ3v) is 7.74. The van der Waals surface area contributed by atoms with Crippen LogP contribution in [0.3, 0.4) is 0 Å². The van der Waals surface area contributed by atoms with E-state index in [-0.39, 0.29) is 16.0 Å². The molecular formula is C25H25N3O2S. The number of likely N-dealkylation sites (tertiary alicyclic amines) is 1. The highest BCUT2D eigenvalue weighted by Gasteiger charge is 2.29. The predicted molar refractivity (Wildman–Crippen MR) is 122 cm³/mol. The molecule has 0 N–H and O–H groups in total. The van der Waals surface area contributed by atoms with Gasteiger partial charge < -0.3 is 0 Å². The average molecular weight is 432 g/mol. The fraction of sp³-hybridized carbons (Fsp3) is 0.240. The Bertz CT molecular complexity index is 1280. The molecule has 5 nitrogen and oxygen atoms in total. The second-order valence-corrected chi connectivity index (χ2v) is 9.94. The maximum absolute atomic E-state index is 13.3. The first-order valence-corrected chi connectivity index (χ1v) is 12.1. The third kappa shape index (κ3) is 3.89. The summed E-state index contributed by atoms with van der Waals surface area (Å²) in [6, 6.07) is 26.9. The van der Waals surface area contributed by atoms with Crippen molar-refractivity contribution in [3.05, 3.63) is 90.5 Å². The minimum atomic E-state index is -3.68. The highest BCUT2D eigenvalue weighted by molar-refractivity contribution is 7.91. The number of para-hydroxylation sites is 1. The van der Waals surface area contributed by atoms with E-state index in [1.807, 2.05) is 41.1 Å². The highest BCUT2D eigenvalue weighted by atomic mass is 32.2. The molecule has 1 aliphatic heterocycles. The summed E-state index contributed by atoms with van der Waals surface area (Å²) in [6.45, 7) is 2.88.